The molecule has 0 radical (unpaired) electrons. The van der Waals surface area contributed by atoms with Crippen LogP contribution in [0.1, 0.15) is 32.8 Å². The topological polar surface area (TPSA) is 131 Å². The molecule has 1 unspecified atom stereocenters. The number of anilines is 1. The number of amides is 1. The molecule has 0 heterocycles. The number of nitrogens with zero attached hydrogens (tertiary/aromatic N) is 1. The summed E-state index contributed by atoms with van der Waals surface area (Å²) in [6.07, 6.45) is -4.07. The Kier molecular flexibility index (Phi) is 6.81. The van der Waals surface area contributed by atoms with Crippen LogP contribution in [-0.2, 0) is 9.53 Å². The number of para-hydroxylation sites is 1. The zero-order chi connectivity index (χ0) is 20.1. The zero-order valence-electron chi connectivity index (χ0n) is 14.3. The number of carboxylic acids is 1. The van der Waals surface area contributed by atoms with Gasteiger partial charge in [-0.05, 0) is 32.9 Å². The summed E-state index contributed by atoms with van der Waals surface area (Å²) in [7, 11) is 0. The van der Waals surface area contributed by atoms with Crippen molar-refractivity contribution in [1.82, 2.24) is 5.32 Å². The third kappa shape index (κ3) is 6.15. The van der Waals surface area contributed by atoms with Gasteiger partial charge in [0.05, 0.1) is 10.5 Å². The van der Waals surface area contributed by atoms with Crippen LogP contribution in [-0.4, -0.2) is 40.3 Å². The highest BCUT2D eigenvalue weighted by molar-refractivity contribution is 5.81. The first kappa shape index (κ1) is 21.1. The number of benzene rings is 1. The van der Waals surface area contributed by atoms with Gasteiger partial charge in [0.15, 0.2) is 0 Å². The predicted octanol–water partition coefficient (Wildman–Crippen LogP) is 2.92. The molecule has 0 saturated carbocycles. The number of ether oxygens (including phenoxy) is 1. The number of nitro groups is 1. The number of rotatable bonds is 7. The van der Waals surface area contributed by atoms with E-state index < -0.39 is 52.8 Å². The lowest BCUT2D eigenvalue weighted by Gasteiger charge is -2.22. The average Bonchev–Trinajstić information content (AvgIpc) is 2.48. The van der Waals surface area contributed by atoms with Gasteiger partial charge >= 0.3 is 17.7 Å². The SMILES string of the molecule is CC(C)(C)OC(=O)NC(CNc1cccc(C(F)F)c1[N+](=O)[O-])C(=O)O. The quantitative estimate of drug-likeness (QED) is 0.493. The molecule has 0 bridgehead atoms. The standard InChI is InChI=1S/C15H19F2N3O6/c1-15(2,3)26-14(23)19-10(13(21)22)7-18-9-6-4-5-8(12(16)17)11(9)20(24)25/h4-6,10,12,18H,7H2,1-3H3,(H,19,23)(H,21,22). The highest BCUT2D eigenvalue weighted by Gasteiger charge is 2.28. The van der Waals surface area contributed by atoms with Gasteiger partial charge in [-0.25, -0.2) is 18.4 Å². The molecule has 0 aliphatic carbocycles. The number of carbonyl (C=O) groups excluding carboxylic acids is 1. The Morgan fingerprint density at radius 1 is 1.35 bits per heavy atom. The number of halogens is 2. The van der Waals surface area contributed by atoms with E-state index in [-0.39, 0.29) is 5.69 Å². The third-order valence-electron chi connectivity index (χ3n) is 2.97. The van der Waals surface area contributed by atoms with Crippen molar-refractivity contribution in [3.63, 3.8) is 0 Å². The van der Waals surface area contributed by atoms with Crippen LogP contribution in [0.15, 0.2) is 18.2 Å². The first-order chi connectivity index (χ1) is 11.9. The number of alkyl halides is 2. The lowest BCUT2D eigenvalue weighted by atomic mass is 10.1. The van der Waals surface area contributed by atoms with E-state index in [0.29, 0.717) is 0 Å². The van der Waals surface area contributed by atoms with Crippen LogP contribution in [0.5, 0.6) is 0 Å². The van der Waals surface area contributed by atoms with Crippen LogP contribution in [0.25, 0.3) is 0 Å². The Hall–Kier alpha value is -2.98. The van der Waals surface area contributed by atoms with Crippen LogP contribution in [0, 0.1) is 10.1 Å². The van der Waals surface area contributed by atoms with E-state index in [1.165, 1.54) is 6.07 Å². The third-order valence-corrected chi connectivity index (χ3v) is 2.97. The Labute approximate surface area is 147 Å². The molecule has 26 heavy (non-hydrogen) atoms. The monoisotopic (exact) mass is 375 g/mol. The van der Waals surface area contributed by atoms with Gasteiger partial charge in [0, 0.05) is 6.54 Å². The summed E-state index contributed by atoms with van der Waals surface area (Å²) in [6.45, 7) is 4.27. The second-order valence-corrected chi connectivity index (χ2v) is 6.22. The minimum atomic E-state index is -3.08. The number of alkyl carbamates (subject to hydrolysis) is 1. The van der Waals surface area contributed by atoms with Crippen LogP contribution in [0.3, 0.4) is 0 Å². The number of carboxylic acid groups (broad SMARTS) is 1. The molecule has 0 spiro atoms. The van der Waals surface area contributed by atoms with Crippen molar-refractivity contribution in [3.8, 4) is 0 Å². The molecular weight excluding hydrogens is 356 g/mol. The Morgan fingerprint density at radius 3 is 2.42 bits per heavy atom. The van der Waals surface area contributed by atoms with Gasteiger partial charge in [-0.2, -0.15) is 0 Å². The van der Waals surface area contributed by atoms with E-state index in [0.717, 1.165) is 12.1 Å². The van der Waals surface area contributed by atoms with E-state index in [1.807, 2.05) is 0 Å². The summed E-state index contributed by atoms with van der Waals surface area (Å²) in [5.74, 6) is -1.43. The van der Waals surface area contributed by atoms with Crippen molar-refractivity contribution in [2.45, 2.75) is 38.8 Å². The van der Waals surface area contributed by atoms with Crippen molar-refractivity contribution in [3.05, 3.63) is 33.9 Å². The van der Waals surface area contributed by atoms with E-state index in [2.05, 4.69) is 10.6 Å². The molecule has 0 aliphatic rings. The summed E-state index contributed by atoms with van der Waals surface area (Å²) in [5, 5.41) is 24.7. The number of carbonyl (C=O) groups is 2. The molecule has 1 aromatic carbocycles. The van der Waals surface area contributed by atoms with E-state index in [9.17, 15) is 28.5 Å². The van der Waals surface area contributed by atoms with Gasteiger partial charge in [-0.15, -0.1) is 0 Å². The second-order valence-electron chi connectivity index (χ2n) is 6.22. The van der Waals surface area contributed by atoms with Gasteiger partial charge in [-0.1, -0.05) is 6.07 Å². The molecule has 0 saturated heterocycles. The fraction of sp³-hybridized carbons (Fsp3) is 0.467. The molecular formula is C15H19F2N3O6. The van der Waals surface area contributed by atoms with Crippen LogP contribution in [0.4, 0.5) is 25.0 Å². The van der Waals surface area contributed by atoms with Gasteiger partial charge in [0.2, 0.25) is 0 Å². The van der Waals surface area contributed by atoms with Gasteiger partial charge in [-0.3, -0.25) is 10.1 Å². The van der Waals surface area contributed by atoms with E-state index in [4.69, 9.17) is 9.84 Å². The van der Waals surface area contributed by atoms with E-state index in [1.54, 1.807) is 20.8 Å². The highest BCUT2D eigenvalue weighted by Crippen LogP contribution is 2.34. The maximum atomic E-state index is 12.9. The molecule has 144 valence electrons. The lowest BCUT2D eigenvalue weighted by molar-refractivity contribution is -0.385. The number of nitro benzene ring substituents is 1. The number of hydrogen-bond donors (Lipinski definition) is 3. The Balaban J connectivity index is 2.94. The fourth-order valence-corrected chi connectivity index (χ4v) is 1.95. The smallest absolute Gasteiger partial charge is 0.408 e. The number of nitrogens with one attached hydrogen (secondary N) is 2. The largest absolute Gasteiger partial charge is 0.480 e. The molecule has 1 aromatic rings. The maximum absolute atomic E-state index is 12.9. The molecule has 1 rings (SSSR count). The number of aliphatic carboxylic acids is 1. The summed E-state index contributed by atoms with van der Waals surface area (Å²) >= 11 is 0. The molecule has 3 N–H and O–H groups in total. The van der Waals surface area contributed by atoms with E-state index >= 15 is 0 Å². The zero-order valence-corrected chi connectivity index (χ0v) is 14.3. The summed E-state index contributed by atoms with van der Waals surface area (Å²) in [4.78, 5) is 33.0. The fourth-order valence-electron chi connectivity index (χ4n) is 1.95. The molecule has 0 aliphatic heterocycles. The second kappa shape index (κ2) is 8.41. The minimum Gasteiger partial charge on any atom is -0.480 e. The molecule has 1 amide bonds. The van der Waals surface area contributed by atoms with Gasteiger partial charge < -0.3 is 20.5 Å². The molecule has 0 fully saturated rings. The summed E-state index contributed by atoms with van der Waals surface area (Å²) < 4.78 is 30.8. The summed E-state index contributed by atoms with van der Waals surface area (Å²) in [5.41, 5.74) is -2.80. The first-order valence-electron chi connectivity index (χ1n) is 7.44. The van der Waals surface area contributed by atoms with Crippen molar-refractivity contribution in [1.29, 1.82) is 0 Å². The van der Waals surface area contributed by atoms with Crippen molar-refractivity contribution < 1.29 is 33.1 Å². The molecule has 9 nitrogen and oxygen atoms in total. The number of hydrogen-bond acceptors (Lipinski definition) is 6. The van der Waals surface area contributed by atoms with Gasteiger partial charge in [0.25, 0.3) is 6.43 Å². The summed E-state index contributed by atoms with van der Waals surface area (Å²) in [6, 6.07) is 1.74. The van der Waals surface area contributed by atoms with Crippen LogP contribution < -0.4 is 10.6 Å². The first-order valence-corrected chi connectivity index (χ1v) is 7.44. The van der Waals surface area contributed by atoms with Crippen molar-refractivity contribution in [2.75, 3.05) is 11.9 Å². The predicted molar refractivity (Wildman–Crippen MR) is 87.3 cm³/mol. The maximum Gasteiger partial charge on any atom is 0.408 e. The lowest BCUT2D eigenvalue weighted by Crippen LogP contribution is -2.47. The Bertz CT molecular complexity index is 690. The highest BCUT2D eigenvalue weighted by atomic mass is 19.3. The molecule has 0 aromatic heterocycles. The molecule has 1 atom stereocenters. The Morgan fingerprint density at radius 2 is 1.96 bits per heavy atom. The van der Waals surface area contributed by atoms with Gasteiger partial charge in [0.1, 0.15) is 17.3 Å². The molecule has 11 heteroatoms. The van der Waals surface area contributed by atoms with Crippen LogP contribution >= 0.6 is 0 Å². The minimum absolute atomic E-state index is 0.287. The average molecular weight is 375 g/mol. The normalized spacial score (nSPS) is 12.4. The van der Waals surface area contributed by atoms with Crippen molar-refractivity contribution in [2.24, 2.45) is 0 Å². The van der Waals surface area contributed by atoms with Crippen molar-refractivity contribution >= 4 is 23.4 Å². The van der Waals surface area contributed by atoms with Crippen LogP contribution in [0.2, 0.25) is 0 Å².